The van der Waals surface area contributed by atoms with Crippen LogP contribution in [0.5, 0.6) is 0 Å². The molecule has 2 aromatic rings. The molecule has 29 heavy (non-hydrogen) atoms. The monoisotopic (exact) mass is 391 g/mol. The van der Waals surface area contributed by atoms with E-state index in [0.29, 0.717) is 12.5 Å². The van der Waals surface area contributed by atoms with Crippen LogP contribution in [0.3, 0.4) is 0 Å². The molecule has 5 heteroatoms. The van der Waals surface area contributed by atoms with Crippen molar-refractivity contribution in [2.24, 2.45) is 5.92 Å². The number of nitrogens with one attached hydrogen (secondary N) is 1. The van der Waals surface area contributed by atoms with Crippen molar-refractivity contribution in [2.45, 2.75) is 57.4 Å². The minimum Gasteiger partial charge on any atom is -0.381 e. The van der Waals surface area contributed by atoms with Crippen LogP contribution in [0.1, 0.15) is 62.0 Å². The second-order valence-corrected chi connectivity index (χ2v) is 8.59. The summed E-state index contributed by atoms with van der Waals surface area (Å²) in [5, 5.41) is 3.48. The van der Waals surface area contributed by atoms with Gasteiger partial charge in [-0.25, -0.2) is 4.98 Å². The minimum atomic E-state index is 0.136. The molecule has 1 saturated heterocycles. The van der Waals surface area contributed by atoms with Crippen LogP contribution in [0.25, 0.3) is 0 Å². The molecule has 3 heterocycles. The molecule has 5 nitrogen and oxygen atoms in total. The fraction of sp³-hybridized carbons (Fsp3) is 0.500. The summed E-state index contributed by atoms with van der Waals surface area (Å²) in [6.45, 7) is 2.20. The number of anilines is 3. The summed E-state index contributed by atoms with van der Waals surface area (Å²) in [7, 11) is 0. The van der Waals surface area contributed by atoms with E-state index < -0.39 is 0 Å². The second kappa shape index (κ2) is 8.15. The van der Waals surface area contributed by atoms with Gasteiger partial charge in [0.25, 0.3) is 0 Å². The van der Waals surface area contributed by atoms with E-state index in [1.165, 1.54) is 12.0 Å². The summed E-state index contributed by atoms with van der Waals surface area (Å²) in [4.78, 5) is 20.2. The molecule has 5 rings (SSSR count). The Bertz CT molecular complexity index is 885. The van der Waals surface area contributed by atoms with E-state index >= 15 is 0 Å². The Morgan fingerprint density at radius 2 is 2.00 bits per heavy atom. The number of pyridine rings is 1. The van der Waals surface area contributed by atoms with Gasteiger partial charge in [-0.15, -0.1) is 0 Å². The number of carbonyl (C=O) groups excluding carboxylic acids is 1. The Morgan fingerprint density at radius 1 is 1.10 bits per heavy atom. The number of rotatable bonds is 2. The third kappa shape index (κ3) is 3.76. The van der Waals surface area contributed by atoms with Crippen molar-refractivity contribution in [1.29, 1.82) is 0 Å². The van der Waals surface area contributed by atoms with Crippen molar-refractivity contribution < 1.29 is 9.53 Å². The second-order valence-electron chi connectivity index (χ2n) is 8.59. The van der Waals surface area contributed by atoms with Gasteiger partial charge >= 0.3 is 0 Å². The Balaban J connectivity index is 1.54. The summed E-state index contributed by atoms with van der Waals surface area (Å²) in [6, 6.07) is 10.5. The highest BCUT2D eigenvalue weighted by Crippen LogP contribution is 2.40. The molecule has 1 atom stereocenters. The summed E-state index contributed by atoms with van der Waals surface area (Å²) in [6.07, 6.45) is 9.63. The molecule has 0 unspecified atom stereocenters. The number of nitrogens with zero attached hydrogens (tertiary/aromatic N) is 2. The van der Waals surface area contributed by atoms with E-state index in [4.69, 9.17) is 4.74 Å². The zero-order valence-electron chi connectivity index (χ0n) is 16.9. The average molecular weight is 392 g/mol. The van der Waals surface area contributed by atoms with Gasteiger partial charge in [0.2, 0.25) is 5.91 Å². The maximum atomic E-state index is 13.6. The highest BCUT2D eigenvalue weighted by Gasteiger charge is 2.31. The number of ether oxygens (including phenoxy) is 1. The first kappa shape index (κ1) is 18.6. The number of amides is 1. The molecule has 3 aliphatic rings. The molecule has 1 aromatic carbocycles. The minimum absolute atomic E-state index is 0.136. The van der Waals surface area contributed by atoms with Crippen LogP contribution < -0.4 is 10.2 Å². The lowest BCUT2D eigenvalue weighted by molar-refractivity contribution is -0.123. The van der Waals surface area contributed by atoms with Gasteiger partial charge in [-0.1, -0.05) is 31.4 Å². The van der Waals surface area contributed by atoms with Crippen LogP contribution in [0, 0.1) is 5.92 Å². The number of carbonyl (C=O) groups is 1. The molecule has 0 spiro atoms. The molecule has 1 saturated carbocycles. The van der Waals surface area contributed by atoms with E-state index in [1.54, 1.807) is 6.20 Å². The largest absolute Gasteiger partial charge is 0.381 e. The molecule has 1 N–H and O–H groups in total. The van der Waals surface area contributed by atoms with Gasteiger partial charge in [0.15, 0.2) is 0 Å². The first-order chi connectivity index (χ1) is 14.3. The molecule has 2 fully saturated rings. The van der Waals surface area contributed by atoms with Crippen molar-refractivity contribution in [2.75, 3.05) is 23.4 Å². The van der Waals surface area contributed by atoms with Crippen LogP contribution in [0.15, 0.2) is 36.5 Å². The summed E-state index contributed by atoms with van der Waals surface area (Å²) >= 11 is 0. The van der Waals surface area contributed by atoms with E-state index in [-0.39, 0.29) is 11.8 Å². The maximum absolute atomic E-state index is 13.6. The topological polar surface area (TPSA) is 54.5 Å². The van der Waals surface area contributed by atoms with Gasteiger partial charge in [0.1, 0.15) is 5.82 Å². The molecule has 1 amide bonds. The average Bonchev–Trinajstić information content (AvgIpc) is 2.96. The lowest BCUT2D eigenvalue weighted by Gasteiger charge is -2.30. The van der Waals surface area contributed by atoms with E-state index in [2.05, 4.69) is 34.6 Å². The molecule has 1 aromatic heterocycles. The van der Waals surface area contributed by atoms with Crippen molar-refractivity contribution in [3.05, 3.63) is 47.7 Å². The van der Waals surface area contributed by atoms with Crippen LogP contribution in [-0.4, -0.2) is 24.1 Å². The molecular weight excluding hydrogens is 362 g/mol. The fourth-order valence-corrected chi connectivity index (χ4v) is 4.96. The standard InChI is InChI=1S/C24H29N3O2/c28-24(17-6-2-1-3-7-17)27-15-19-8-4-12-25-23(19)26-21-11-10-18(14-22(21)27)20-9-5-13-29-16-20/h4,8,10-12,14,17,20H,1-3,5-7,9,13,15-16H2,(H,25,26)/t20-/m0/s1. The molecule has 152 valence electrons. The van der Waals surface area contributed by atoms with Gasteiger partial charge in [0, 0.05) is 30.2 Å². The number of hydrogen-bond acceptors (Lipinski definition) is 4. The quantitative estimate of drug-likeness (QED) is 0.770. The summed E-state index contributed by atoms with van der Waals surface area (Å²) in [5.74, 6) is 1.66. The smallest absolute Gasteiger partial charge is 0.230 e. The lowest BCUT2D eigenvalue weighted by Crippen LogP contribution is -2.36. The summed E-state index contributed by atoms with van der Waals surface area (Å²) in [5.41, 5.74) is 4.29. The van der Waals surface area contributed by atoms with Crippen LogP contribution in [0.4, 0.5) is 17.2 Å². The first-order valence-corrected chi connectivity index (χ1v) is 11.0. The van der Waals surface area contributed by atoms with Gasteiger partial charge in [-0.2, -0.15) is 0 Å². The predicted octanol–water partition coefficient (Wildman–Crippen LogP) is 5.15. The van der Waals surface area contributed by atoms with Gasteiger partial charge < -0.3 is 15.0 Å². The maximum Gasteiger partial charge on any atom is 0.230 e. The number of aromatic nitrogens is 1. The van der Waals surface area contributed by atoms with Gasteiger partial charge in [-0.05, 0) is 49.4 Å². The summed E-state index contributed by atoms with van der Waals surface area (Å²) < 4.78 is 5.72. The van der Waals surface area contributed by atoms with Crippen LogP contribution in [0.2, 0.25) is 0 Å². The molecule has 1 aliphatic carbocycles. The van der Waals surface area contributed by atoms with E-state index in [9.17, 15) is 4.79 Å². The van der Waals surface area contributed by atoms with Crippen LogP contribution in [-0.2, 0) is 16.1 Å². The van der Waals surface area contributed by atoms with Gasteiger partial charge in [0.05, 0.1) is 24.5 Å². The Labute approximate surface area is 172 Å². The van der Waals surface area contributed by atoms with E-state index in [0.717, 1.165) is 74.5 Å². The molecular formula is C24H29N3O2. The van der Waals surface area contributed by atoms with Crippen molar-refractivity contribution in [3.63, 3.8) is 0 Å². The molecule has 0 bridgehead atoms. The lowest BCUT2D eigenvalue weighted by atomic mass is 9.87. The van der Waals surface area contributed by atoms with E-state index in [1.807, 2.05) is 11.0 Å². The number of hydrogen-bond donors (Lipinski definition) is 1. The van der Waals surface area contributed by atoms with Crippen LogP contribution >= 0.6 is 0 Å². The normalized spacial score (nSPS) is 22.2. The highest BCUT2D eigenvalue weighted by atomic mass is 16.5. The predicted molar refractivity (Wildman–Crippen MR) is 115 cm³/mol. The number of fused-ring (bicyclic) bond motifs is 2. The zero-order chi connectivity index (χ0) is 19.6. The Kier molecular flexibility index (Phi) is 5.23. The van der Waals surface area contributed by atoms with Crippen molar-refractivity contribution in [3.8, 4) is 0 Å². The zero-order valence-corrected chi connectivity index (χ0v) is 16.9. The fourth-order valence-electron chi connectivity index (χ4n) is 4.96. The third-order valence-corrected chi connectivity index (χ3v) is 6.64. The Hall–Kier alpha value is -2.40. The van der Waals surface area contributed by atoms with Crippen molar-refractivity contribution >= 4 is 23.1 Å². The Morgan fingerprint density at radius 3 is 2.83 bits per heavy atom. The first-order valence-electron chi connectivity index (χ1n) is 11.0. The van der Waals surface area contributed by atoms with Gasteiger partial charge in [-0.3, -0.25) is 4.79 Å². The molecule has 0 radical (unpaired) electrons. The highest BCUT2D eigenvalue weighted by molar-refractivity contribution is 5.99. The SMILES string of the molecule is O=C(C1CCCCC1)N1Cc2cccnc2Nc2ccc([C@H]3CCCOC3)cc21. The molecule has 2 aliphatic heterocycles. The number of benzene rings is 1. The third-order valence-electron chi connectivity index (χ3n) is 6.64. The van der Waals surface area contributed by atoms with Crippen molar-refractivity contribution in [1.82, 2.24) is 4.98 Å².